The third-order valence-corrected chi connectivity index (χ3v) is 6.38. The highest BCUT2D eigenvalue weighted by Crippen LogP contribution is 2.32. The van der Waals surface area contributed by atoms with Crippen molar-refractivity contribution in [2.45, 2.75) is 45.6 Å². The molecule has 0 unspecified atom stereocenters. The number of thiophene rings is 1. The standard InChI is InChI=1S/C21H23N3O2S/c1-2-24(15-9-5-3-6-10-15)18(25)13-23-14-22-20-19(21(23)26)16-11-7-4-8-12-17(16)27-20/h3,5-6,9-10,14H,2,4,7-8,11-13H2,1H3. The summed E-state index contributed by atoms with van der Waals surface area (Å²) in [5, 5.41) is 0.731. The molecule has 3 aromatic rings. The second-order valence-electron chi connectivity index (χ2n) is 6.90. The summed E-state index contributed by atoms with van der Waals surface area (Å²) in [5.74, 6) is -0.103. The molecule has 0 bridgehead atoms. The van der Waals surface area contributed by atoms with Gasteiger partial charge in [0.15, 0.2) is 0 Å². The van der Waals surface area contributed by atoms with Gasteiger partial charge in [-0.05, 0) is 50.3 Å². The Kier molecular flexibility index (Phi) is 5.07. The lowest BCUT2D eigenvalue weighted by Gasteiger charge is -2.21. The number of carbonyl (C=O) groups is 1. The summed E-state index contributed by atoms with van der Waals surface area (Å²) in [6, 6.07) is 9.55. The van der Waals surface area contributed by atoms with E-state index in [2.05, 4.69) is 4.98 Å². The Morgan fingerprint density at radius 1 is 1.19 bits per heavy atom. The van der Waals surface area contributed by atoms with Gasteiger partial charge in [-0.1, -0.05) is 24.6 Å². The third-order valence-electron chi connectivity index (χ3n) is 5.18. The van der Waals surface area contributed by atoms with Crippen molar-refractivity contribution in [2.24, 2.45) is 0 Å². The molecule has 0 N–H and O–H groups in total. The van der Waals surface area contributed by atoms with Gasteiger partial charge in [0.1, 0.15) is 11.4 Å². The number of rotatable bonds is 4. The Balaban J connectivity index is 1.68. The molecule has 0 aliphatic heterocycles. The Morgan fingerprint density at radius 3 is 2.74 bits per heavy atom. The molecule has 6 heteroatoms. The summed E-state index contributed by atoms with van der Waals surface area (Å²) in [5.41, 5.74) is 1.93. The highest BCUT2D eigenvalue weighted by atomic mass is 32.1. The number of amides is 1. The summed E-state index contributed by atoms with van der Waals surface area (Å²) < 4.78 is 1.47. The van der Waals surface area contributed by atoms with Gasteiger partial charge < -0.3 is 4.90 Å². The lowest BCUT2D eigenvalue weighted by atomic mass is 10.1. The molecule has 0 saturated heterocycles. The molecular formula is C21H23N3O2S. The van der Waals surface area contributed by atoms with Crippen LogP contribution in [-0.2, 0) is 24.2 Å². The van der Waals surface area contributed by atoms with Crippen LogP contribution >= 0.6 is 11.3 Å². The molecule has 2 aromatic heterocycles. The Bertz CT molecular complexity index is 1020. The van der Waals surface area contributed by atoms with Gasteiger partial charge in [0.25, 0.3) is 5.56 Å². The molecule has 5 nitrogen and oxygen atoms in total. The number of likely N-dealkylation sites (N-methyl/N-ethyl adjacent to an activating group) is 1. The molecule has 1 aliphatic carbocycles. The number of para-hydroxylation sites is 1. The number of aryl methyl sites for hydroxylation is 2. The first-order valence-corrected chi connectivity index (χ1v) is 10.4. The predicted molar refractivity (Wildman–Crippen MR) is 110 cm³/mol. The van der Waals surface area contributed by atoms with E-state index in [1.54, 1.807) is 16.2 Å². The van der Waals surface area contributed by atoms with E-state index in [1.807, 2.05) is 37.3 Å². The third kappa shape index (κ3) is 3.41. The largest absolute Gasteiger partial charge is 0.311 e. The molecule has 1 amide bonds. The van der Waals surface area contributed by atoms with E-state index < -0.39 is 0 Å². The molecule has 0 atom stereocenters. The van der Waals surface area contributed by atoms with Crippen LogP contribution in [0.2, 0.25) is 0 Å². The maximum atomic E-state index is 13.1. The Labute approximate surface area is 162 Å². The number of carbonyl (C=O) groups excluding carboxylic acids is 1. The van der Waals surface area contributed by atoms with Crippen molar-refractivity contribution in [3.05, 3.63) is 57.5 Å². The first kappa shape index (κ1) is 17.9. The monoisotopic (exact) mass is 381 g/mol. The number of aromatic nitrogens is 2. The minimum absolute atomic E-state index is 0.00906. The number of fused-ring (bicyclic) bond motifs is 3. The molecule has 0 spiro atoms. The lowest BCUT2D eigenvalue weighted by Crippen LogP contribution is -2.36. The fourth-order valence-corrected chi connectivity index (χ4v) is 5.03. The van der Waals surface area contributed by atoms with E-state index >= 15 is 0 Å². The van der Waals surface area contributed by atoms with Gasteiger partial charge in [-0.25, -0.2) is 4.98 Å². The van der Waals surface area contributed by atoms with Gasteiger partial charge in [-0.2, -0.15) is 0 Å². The normalized spacial score (nSPS) is 14.0. The molecule has 140 valence electrons. The molecule has 0 saturated carbocycles. The van der Waals surface area contributed by atoms with Crippen molar-refractivity contribution in [2.75, 3.05) is 11.4 Å². The molecule has 27 heavy (non-hydrogen) atoms. The van der Waals surface area contributed by atoms with Crippen molar-refractivity contribution in [3.8, 4) is 0 Å². The van der Waals surface area contributed by atoms with Crippen molar-refractivity contribution in [3.63, 3.8) is 0 Å². The van der Waals surface area contributed by atoms with Crippen molar-refractivity contribution in [1.82, 2.24) is 9.55 Å². The summed E-state index contributed by atoms with van der Waals surface area (Å²) >= 11 is 1.64. The van der Waals surface area contributed by atoms with Crippen LogP contribution in [0, 0.1) is 0 Å². The van der Waals surface area contributed by atoms with Gasteiger partial charge >= 0.3 is 0 Å². The summed E-state index contributed by atoms with van der Waals surface area (Å²) in [4.78, 5) is 34.3. The number of hydrogen-bond donors (Lipinski definition) is 0. The average Bonchev–Trinajstić information content (AvgIpc) is 2.88. The van der Waals surface area contributed by atoms with Gasteiger partial charge in [-0.15, -0.1) is 11.3 Å². The van der Waals surface area contributed by atoms with E-state index in [1.165, 1.54) is 34.2 Å². The molecular weight excluding hydrogens is 358 g/mol. The van der Waals surface area contributed by atoms with Crippen LogP contribution < -0.4 is 10.5 Å². The Morgan fingerprint density at radius 2 is 1.96 bits per heavy atom. The number of benzene rings is 1. The second kappa shape index (κ2) is 7.64. The SMILES string of the molecule is CCN(C(=O)Cn1cnc2sc3c(c2c1=O)CCCCC3)c1ccccc1. The van der Waals surface area contributed by atoms with E-state index in [0.717, 1.165) is 35.2 Å². The minimum atomic E-state index is -0.103. The maximum absolute atomic E-state index is 13.1. The van der Waals surface area contributed by atoms with E-state index in [9.17, 15) is 9.59 Å². The number of hydrogen-bond acceptors (Lipinski definition) is 4. The highest BCUT2D eigenvalue weighted by Gasteiger charge is 2.21. The van der Waals surface area contributed by atoms with E-state index in [0.29, 0.717) is 6.54 Å². The zero-order chi connectivity index (χ0) is 18.8. The van der Waals surface area contributed by atoms with Gasteiger partial charge in [0.05, 0.1) is 11.7 Å². The van der Waals surface area contributed by atoms with E-state index in [-0.39, 0.29) is 18.0 Å². The summed E-state index contributed by atoms with van der Waals surface area (Å²) in [6.45, 7) is 2.50. The quantitative estimate of drug-likeness (QED) is 0.646. The van der Waals surface area contributed by atoms with Gasteiger partial charge in [0.2, 0.25) is 5.91 Å². The molecule has 0 radical (unpaired) electrons. The average molecular weight is 382 g/mol. The number of nitrogens with zero attached hydrogens (tertiary/aromatic N) is 3. The van der Waals surface area contributed by atoms with Crippen molar-refractivity contribution in [1.29, 1.82) is 0 Å². The maximum Gasteiger partial charge on any atom is 0.262 e. The fourth-order valence-electron chi connectivity index (χ4n) is 3.81. The number of anilines is 1. The summed E-state index contributed by atoms with van der Waals surface area (Å²) in [6.07, 6.45) is 7.00. The second-order valence-corrected chi connectivity index (χ2v) is 7.98. The molecule has 0 fully saturated rings. The van der Waals surface area contributed by atoms with Crippen LogP contribution in [-0.4, -0.2) is 22.0 Å². The van der Waals surface area contributed by atoms with Crippen molar-refractivity contribution < 1.29 is 4.79 Å². The van der Waals surface area contributed by atoms with Gasteiger partial charge in [0, 0.05) is 17.1 Å². The predicted octanol–water partition coefficient (Wildman–Crippen LogP) is 3.78. The summed E-state index contributed by atoms with van der Waals surface area (Å²) in [7, 11) is 0. The van der Waals surface area contributed by atoms with Crippen LogP contribution in [0.15, 0.2) is 41.5 Å². The van der Waals surface area contributed by atoms with E-state index in [4.69, 9.17) is 0 Å². The van der Waals surface area contributed by atoms with Crippen LogP contribution in [0.1, 0.15) is 36.6 Å². The van der Waals surface area contributed by atoms with Gasteiger partial charge in [-0.3, -0.25) is 14.2 Å². The smallest absolute Gasteiger partial charge is 0.262 e. The zero-order valence-electron chi connectivity index (χ0n) is 15.5. The van der Waals surface area contributed by atoms with Crippen molar-refractivity contribution >= 4 is 33.1 Å². The topological polar surface area (TPSA) is 55.2 Å². The first-order chi connectivity index (χ1) is 13.2. The minimum Gasteiger partial charge on any atom is -0.311 e. The van der Waals surface area contributed by atoms with Crippen LogP contribution in [0.5, 0.6) is 0 Å². The fraction of sp³-hybridized carbons (Fsp3) is 0.381. The Hall–Kier alpha value is -2.47. The van der Waals surface area contributed by atoms with Crippen LogP contribution in [0.25, 0.3) is 10.2 Å². The molecule has 1 aliphatic rings. The zero-order valence-corrected chi connectivity index (χ0v) is 16.3. The van der Waals surface area contributed by atoms with Crippen LogP contribution in [0.4, 0.5) is 5.69 Å². The molecule has 4 rings (SSSR count). The molecule has 2 heterocycles. The molecule has 1 aromatic carbocycles. The van der Waals surface area contributed by atoms with Crippen LogP contribution in [0.3, 0.4) is 0 Å². The highest BCUT2D eigenvalue weighted by molar-refractivity contribution is 7.18. The first-order valence-electron chi connectivity index (χ1n) is 9.54. The lowest BCUT2D eigenvalue weighted by molar-refractivity contribution is -0.119.